The monoisotopic (exact) mass is 217 g/mol. The quantitative estimate of drug-likeness (QED) is 0.836. The molecule has 0 unspecified atom stereocenters. The number of aliphatic hydroxyl groups is 1. The maximum absolute atomic E-state index is 9.68. The third kappa shape index (κ3) is 1.84. The Bertz CT molecular complexity index is 503. The lowest BCUT2D eigenvalue weighted by atomic mass is 10.1. The normalized spacial score (nSPS) is 12.8. The number of aliphatic hydroxyl groups excluding tert-OH is 1. The molecule has 0 fully saturated rings. The number of nitrogens with zero attached hydrogens (tertiary/aromatic N) is 3. The summed E-state index contributed by atoms with van der Waals surface area (Å²) >= 11 is 0. The Morgan fingerprint density at radius 1 is 1.38 bits per heavy atom. The zero-order valence-electron chi connectivity index (χ0n) is 9.68. The van der Waals surface area contributed by atoms with Crippen LogP contribution in [-0.4, -0.2) is 19.9 Å². The highest BCUT2D eigenvalue weighted by atomic mass is 16.3. The van der Waals surface area contributed by atoms with Crippen molar-refractivity contribution in [3.8, 4) is 5.82 Å². The van der Waals surface area contributed by atoms with Gasteiger partial charge in [-0.1, -0.05) is 6.07 Å². The zero-order valence-corrected chi connectivity index (χ0v) is 9.68. The van der Waals surface area contributed by atoms with E-state index in [0.29, 0.717) is 5.82 Å². The van der Waals surface area contributed by atoms with Crippen molar-refractivity contribution >= 4 is 0 Å². The van der Waals surface area contributed by atoms with Crippen molar-refractivity contribution < 1.29 is 5.11 Å². The Labute approximate surface area is 94.6 Å². The molecule has 0 aliphatic carbocycles. The van der Waals surface area contributed by atoms with Crippen LogP contribution in [0.5, 0.6) is 0 Å². The maximum Gasteiger partial charge on any atom is 0.159 e. The second-order valence-corrected chi connectivity index (χ2v) is 3.93. The topological polar surface area (TPSA) is 50.9 Å². The lowest BCUT2D eigenvalue weighted by molar-refractivity contribution is 0.198. The van der Waals surface area contributed by atoms with E-state index in [1.54, 1.807) is 17.8 Å². The Balaban J connectivity index is 2.59. The molecular formula is C12H15N3O. The minimum Gasteiger partial charge on any atom is -0.389 e. The van der Waals surface area contributed by atoms with E-state index in [-0.39, 0.29) is 0 Å². The van der Waals surface area contributed by atoms with E-state index in [0.717, 1.165) is 17.0 Å². The van der Waals surface area contributed by atoms with Gasteiger partial charge in [-0.15, -0.1) is 0 Å². The highest BCUT2D eigenvalue weighted by Crippen LogP contribution is 2.20. The minimum absolute atomic E-state index is 0.549. The molecule has 0 aromatic carbocycles. The molecule has 0 spiro atoms. The van der Waals surface area contributed by atoms with Crippen LogP contribution in [0.4, 0.5) is 0 Å². The molecule has 0 amide bonds. The molecule has 84 valence electrons. The van der Waals surface area contributed by atoms with E-state index in [1.165, 1.54) is 0 Å². The van der Waals surface area contributed by atoms with E-state index in [2.05, 4.69) is 10.1 Å². The van der Waals surface area contributed by atoms with E-state index in [1.807, 2.05) is 32.0 Å². The summed E-state index contributed by atoms with van der Waals surface area (Å²) in [5, 5.41) is 14.0. The molecule has 0 aliphatic rings. The molecule has 0 saturated heterocycles. The Morgan fingerprint density at radius 2 is 2.12 bits per heavy atom. The van der Waals surface area contributed by atoms with Crippen LogP contribution >= 0.6 is 0 Å². The van der Waals surface area contributed by atoms with Gasteiger partial charge in [0.15, 0.2) is 5.82 Å². The van der Waals surface area contributed by atoms with Crippen molar-refractivity contribution in [2.45, 2.75) is 26.9 Å². The molecular weight excluding hydrogens is 202 g/mol. The second-order valence-electron chi connectivity index (χ2n) is 3.93. The predicted octanol–water partition coefficient (Wildman–Crippen LogP) is 1.94. The van der Waals surface area contributed by atoms with Crippen LogP contribution in [0.3, 0.4) is 0 Å². The fourth-order valence-corrected chi connectivity index (χ4v) is 1.76. The molecule has 0 bridgehead atoms. The molecule has 0 saturated carbocycles. The Kier molecular flexibility index (Phi) is 2.75. The van der Waals surface area contributed by atoms with Crippen molar-refractivity contribution in [3.05, 3.63) is 41.3 Å². The molecule has 1 atom stereocenters. The van der Waals surface area contributed by atoms with E-state index in [9.17, 15) is 5.11 Å². The molecule has 2 aromatic rings. The summed E-state index contributed by atoms with van der Waals surface area (Å²) in [6.07, 6.45) is 1.16. The van der Waals surface area contributed by atoms with Gasteiger partial charge >= 0.3 is 0 Å². The third-order valence-corrected chi connectivity index (χ3v) is 2.48. The highest BCUT2D eigenvalue weighted by molar-refractivity contribution is 5.36. The Hall–Kier alpha value is -1.68. The maximum atomic E-state index is 9.68. The number of rotatable bonds is 2. The minimum atomic E-state index is -0.549. The molecule has 2 aromatic heterocycles. The number of aromatic nitrogens is 3. The third-order valence-electron chi connectivity index (χ3n) is 2.48. The van der Waals surface area contributed by atoms with Crippen molar-refractivity contribution in [2.24, 2.45) is 0 Å². The summed E-state index contributed by atoms with van der Waals surface area (Å²) < 4.78 is 1.76. The number of aryl methyl sites for hydroxylation is 2. The van der Waals surface area contributed by atoms with Gasteiger partial charge < -0.3 is 5.11 Å². The molecule has 4 heteroatoms. The van der Waals surface area contributed by atoms with Crippen LogP contribution in [0, 0.1) is 13.8 Å². The van der Waals surface area contributed by atoms with Crippen molar-refractivity contribution in [1.29, 1.82) is 0 Å². The van der Waals surface area contributed by atoms with Crippen LogP contribution in [0.25, 0.3) is 5.82 Å². The summed E-state index contributed by atoms with van der Waals surface area (Å²) in [7, 11) is 0. The van der Waals surface area contributed by atoms with Gasteiger partial charge in [0.2, 0.25) is 0 Å². The van der Waals surface area contributed by atoms with Gasteiger partial charge in [0.25, 0.3) is 0 Å². The molecule has 4 nitrogen and oxygen atoms in total. The van der Waals surface area contributed by atoms with E-state index in [4.69, 9.17) is 0 Å². The van der Waals surface area contributed by atoms with Gasteiger partial charge in [0, 0.05) is 17.5 Å². The van der Waals surface area contributed by atoms with Crippen LogP contribution in [0.1, 0.15) is 30.0 Å². The summed E-state index contributed by atoms with van der Waals surface area (Å²) in [6, 6.07) is 5.67. The molecule has 2 heterocycles. The van der Waals surface area contributed by atoms with Gasteiger partial charge in [0.05, 0.1) is 11.8 Å². The smallest absolute Gasteiger partial charge is 0.159 e. The largest absolute Gasteiger partial charge is 0.389 e. The first kappa shape index (κ1) is 10.8. The molecule has 0 aliphatic heterocycles. The predicted molar refractivity (Wildman–Crippen MR) is 61.5 cm³/mol. The van der Waals surface area contributed by atoms with Crippen molar-refractivity contribution in [1.82, 2.24) is 14.8 Å². The summed E-state index contributed by atoms with van der Waals surface area (Å²) in [4.78, 5) is 4.28. The SMILES string of the molecule is Cc1cc(C)n(-c2ncccc2[C@@H](C)O)n1. The van der Waals surface area contributed by atoms with Crippen LogP contribution in [-0.2, 0) is 0 Å². The zero-order chi connectivity index (χ0) is 11.7. The average molecular weight is 217 g/mol. The van der Waals surface area contributed by atoms with Gasteiger partial charge in [-0.25, -0.2) is 9.67 Å². The van der Waals surface area contributed by atoms with Crippen LogP contribution in [0.2, 0.25) is 0 Å². The average Bonchev–Trinajstić information content (AvgIpc) is 2.57. The van der Waals surface area contributed by atoms with Gasteiger partial charge in [-0.05, 0) is 32.9 Å². The molecule has 16 heavy (non-hydrogen) atoms. The van der Waals surface area contributed by atoms with E-state index >= 15 is 0 Å². The number of hydrogen-bond acceptors (Lipinski definition) is 3. The summed E-state index contributed by atoms with van der Waals surface area (Å²) in [5.74, 6) is 0.697. The highest BCUT2D eigenvalue weighted by Gasteiger charge is 2.12. The number of hydrogen-bond donors (Lipinski definition) is 1. The fraction of sp³-hybridized carbons (Fsp3) is 0.333. The first-order valence-corrected chi connectivity index (χ1v) is 5.26. The van der Waals surface area contributed by atoms with Gasteiger partial charge in [0.1, 0.15) is 0 Å². The first-order valence-electron chi connectivity index (χ1n) is 5.26. The first-order chi connectivity index (χ1) is 7.59. The molecule has 2 rings (SSSR count). The lowest BCUT2D eigenvalue weighted by Gasteiger charge is -2.11. The van der Waals surface area contributed by atoms with Crippen molar-refractivity contribution in [2.75, 3.05) is 0 Å². The van der Waals surface area contributed by atoms with E-state index < -0.39 is 6.10 Å². The lowest BCUT2D eigenvalue weighted by Crippen LogP contribution is -2.07. The fourth-order valence-electron chi connectivity index (χ4n) is 1.76. The number of pyridine rings is 1. The van der Waals surface area contributed by atoms with Crippen molar-refractivity contribution in [3.63, 3.8) is 0 Å². The van der Waals surface area contributed by atoms with Gasteiger partial charge in [-0.3, -0.25) is 0 Å². The van der Waals surface area contributed by atoms with Crippen LogP contribution < -0.4 is 0 Å². The standard InChI is InChI=1S/C12H15N3O/c1-8-7-9(2)15(14-8)12-11(10(3)16)5-4-6-13-12/h4-7,10,16H,1-3H3/t10-/m1/s1. The summed E-state index contributed by atoms with van der Waals surface area (Å²) in [6.45, 7) is 5.64. The Morgan fingerprint density at radius 3 is 2.69 bits per heavy atom. The summed E-state index contributed by atoms with van der Waals surface area (Å²) in [5.41, 5.74) is 2.74. The molecule has 1 N–H and O–H groups in total. The van der Waals surface area contributed by atoms with Gasteiger partial charge in [-0.2, -0.15) is 5.10 Å². The van der Waals surface area contributed by atoms with Crippen LogP contribution in [0.15, 0.2) is 24.4 Å². The molecule has 0 radical (unpaired) electrons. The second kappa shape index (κ2) is 4.06.